The van der Waals surface area contributed by atoms with Gasteiger partial charge in [-0.15, -0.1) is 0 Å². The third-order valence-corrected chi connectivity index (χ3v) is 3.98. The molecule has 0 heterocycles. The Hall–Kier alpha value is -0.530. The van der Waals surface area contributed by atoms with Crippen molar-refractivity contribution in [2.75, 3.05) is 0 Å². The summed E-state index contributed by atoms with van der Waals surface area (Å²) >= 11 is 0. The molecule has 0 amide bonds. The van der Waals surface area contributed by atoms with Gasteiger partial charge in [0.1, 0.15) is 5.60 Å². The Morgan fingerprint density at radius 1 is 1.12 bits per heavy atom. The van der Waals surface area contributed by atoms with Gasteiger partial charge in [0.25, 0.3) is 0 Å². The highest BCUT2D eigenvalue weighted by Gasteiger charge is 2.44. The van der Waals surface area contributed by atoms with Crippen molar-refractivity contribution >= 4 is 5.97 Å². The molecule has 0 aromatic heterocycles. The number of hydrogen-bond donors (Lipinski definition) is 0. The van der Waals surface area contributed by atoms with E-state index >= 15 is 0 Å². The minimum atomic E-state index is -0.333. The van der Waals surface area contributed by atoms with Crippen LogP contribution in [0.3, 0.4) is 0 Å². The molecule has 2 fully saturated rings. The van der Waals surface area contributed by atoms with Crippen LogP contribution < -0.4 is 0 Å². The standard InChI is InChI=1S/C14H24O2/c1-13(2,3)16-12(15)11-5-4-7-14(8-6-11)9-10-14/h11H,4-10H2,1-3H3. The van der Waals surface area contributed by atoms with Crippen molar-refractivity contribution in [1.82, 2.24) is 0 Å². The third kappa shape index (κ3) is 2.99. The molecule has 2 saturated carbocycles. The number of esters is 1. The summed E-state index contributed by atoms with van der Waals surface area (Å²) in [4.78, 5) is 12.0. The van der Waals surface area contributed by atoms with Crippen molar-refractivity contribution in [2.24, 2.45) is 11.3 Å². The van der Waals surface area contributed by atoms with Gasteiger partial charge in [-0.2, -0.15) is 0 Å². The molecule has 2 heteroatoms. The second kappa shape index (κ2) is 4.05. The molecule has 1 unspecified atom stereocenters. The molecule has 0 aromatic rings. The second-order valence-electron chi connectivity index (χ2n) is 6.66. The molecule has 16 heavy (non-hydrogen) atoms. The van der Waals surface area contributed by atoms with Crippen LogP contribution in [0.1, 0.15) is 65.7 Å². The lowest BCUT2D eigenvalue weighted by molar-refractivity contribution is -0.160. The second-order valence-corrected chi connectivity index (χ2v) is 6.66. The number of hydrogen-bond acceptors (Lipinski definition) is 2. The summed E-state index contributed by atoms with van der Waals surface area (Å²) in [5, 5.41) is 0. The van der Waals surface area contributed by atoms with Gasteiger partial charge in [0.2, 0.25) is 0 Å². The van der Waals surface area contributed by atoms with E-state index in [0.29, 0.717) is 5.41 Å². The van der Waals surface area contributed by atoms with Gasteiger partial charge in [-0.05, 0) is 64.7 Å². The van der Waals surface area contributed by atoms with Crippen LogP contribution in [0.4, 0.5) is 0 Å². The van der Waals surface area contributed by atoms with Crippen LogP contribution in [0.25, 0.3) is 0 Å². The molecule has 0 bridgehead atoms. The van der Waals surface area contributed by atoms with Crippen molar-refractivity contribution in [2.45, 2.75) is 71.3 Å². The van der Waals surface area contributed by atoms with Crippen molar-refractivity contribution in [3.05, 3.63) is 0 Å². The Morgan fingerprint density at radius 3 is 2.38 bits per heavy atom. The number of ether oxygens (including phenoxy) is 1. The van der Waals surface area contributed by atoms with Crippen molar-refractivity contribution < 1.29 is 9.53 Å². The third-order valence-electron chi connectivity index (χ3n) is 3.98. The molecule has 0 aliphatic heterocycles. The summed E-state index contributed by atoms with van der Waals surface area (Å²) in [5.74, 6) is 0.199. The summed E-state index contributed by atoms with van der Waals surface area (Å²) in [6.45, 7) is 5.85. The lowest BCUT2D eigenvalue weighted by Crippen LogP contribution is -2.28. The summed E-state index contributed by atoms with van der Waals surface area (Å²) in [6.07, 6.45) is 8.68. The van der Waals surface area contributed by atoms with E-state index in [2.05, 4.69) is 0 Å². The molecule has 2 rings (SSSR count). The molecular weight excluding hydrogens is 200 g/mol. The maximum Gasteiger partial charge on any atom is 0.309 e. The van der Waals surface area contributed by atoms with Crippen LogP contribution in [0.2, 0.25) is 0 Å². The first-order chi connectivity index (χ1) is 7.40. The van der Waals surface area contributed by atoms with Gasteiger partial charge in [-0.1, -0.05) is 6.42 Å². The van der Waals surface area contributed by atoms with E-state index in [1.54, 1.807) is 0 Å². The highest BCUT2D eigenvalue weighted by Crippen LogP contribution is 2.55. The lowest BCUT2D eigenvalue weighted by Gasteiger charge is -2.23. The molecule has 1 atom stereocenters. The zero-order chi connectivity index (χ0) is 11.8. The molecular formula is C14H24O2. The molecule has 92 valence electrons. The van der Waals surface area contributed by atoms with Gasteiger partial charge in [0.15, 0.2) is 0 Å². The van der Waals surface area contributed by atoms with Gasteiger partial charge >= 0.3 is 5.97 Å². The first-order valence-corrected chi connectivity index (χ1v) is 6.63. The topological polar surface area (TPSA) is 26.3 Å². The van der Waals surface area contributed by atoms with E-state index < -0.39 is 0 Å². The first-order valence-electron chi connectivity index (χ1n) is 6.63. The Labute approximate surface area is 98.7 Å². The van der Waals surface area contributed by atoms with E-state index in [4.69, 9.17) is 4.74 Å². The van der Waals surface area contributed by atoms with Gasteiger partial charge < -0.3 is 4.74 Å². The molecule has 2 aliphatic carbocycles. The monoisotopic (exact) mass is 224 g/mol. The van der Waals surface area contributed by atoms with Crippen LogP contribution in [0.15, 0.2) is 0 Å². The van der Waals surface area contributed by atoms with Gasteiger partial charge in [0, 0.05) is 0 Å². The predicted octanol–water partition coefficient (Wildman–Crippen LogP) is 3.69. The number of carbonyl (C=O) groups is 1. The quantitative estimate of drug-likeness (QED) is 0.635. The Balaban J connectivity index is 1.87. The molecule has 1 spiro atoms. The lowest BCUT2D eigenvalue weighted by atomic mass is 9.96. The van der Waals surface area contributed by atoms with Gasteiger partial charge in [-0.25, -0.2) is 0 Å². The Bertz CT molecular complexity index is 271. The Kier molecular flexibility index (Phi) is 3.02. The zero-order valence-corrected chi connectivity index (χ0v) is 10.8. The largest absolute Gasteiger partial charge is 0.460 e. The van der Waals surface area contributed by atoms with Crippen LogP contribution in [-0.2, 0) is 9.53 Å². The van der Waals surface area contributed by atoms with Crippen LogP contribution >= 0.6 is 0 Å². The summed E-state index contributed by atoms with van der Waals surface area (Å²) < 4.78 is 5.48. The molecule has 2 aliphatic rings. The Morgan fingerprint density at radius 2 is 1.81 bits per heavy atom. The normalized spacial score (nSPS) is 28.6. The molecule has 0 N–H and O–H groups in total. The molecule has 0 saturated heterocycles. The zero-order valence-electron chi connectivity index (χ0n) is 10.8. The van der Waals surface area contributed by atoms with Crippen molar-refractivity contribution in [3.63, 3.8) is 0 Å². The van der Waals surface area contributed by atoms with E-state index in [1.807, 2.05) is 20.8 Å². The first kappa shape index (κ1) is 11.9. The van der Waals surface area contributed by atoms with E-state index in [-0.39, 0.29) is 17.5 Å². The van der Waals surface area contributed by atoms with E-state index in [1.165, 1.54) is 32.1 Å². The van der Waals surface area contributed by atoms with Crippen LogP contribution in [0.5, 0.6) is 0 Å². The van der Waals surface area contributed by atoms with Crippen molar-refractivity contribution in [3.8, 4) is 0 Å². The maximum absolute atomic E-state index is 12.0. The smallest absolute Gasteiger partial charge is 0.309 e. The molecule has 2 nitrogen and oxygen atoms in total. The predicted molar refractivity (Wildman–Crippen MR) is 64.1 cm³/mol. The van der Waals surface area contributed by atoms with E-state index in [0.717, 1.165) is 12.8 Å². The fourth-order valence-electron chi connectivity index (χ4n) is 2.77. The number of rotatable bonds is 1. The van der Waals surface area contributed by atoms with Gasteiger partial charge in [0.05, 0.1) is 5.92 Å². The number of carbonyl (C=O) groups excluding carboxylic acids is 1. The highest BCUT2D eigenvalue weighted by atomic mass is 16.6. The maximum atomic E-state index is 12.0. The summed E-state index contributed by atoms with van der Waals surface area (Å²) in [7, 11) is 0. The molecule has 0 radical (unpaired) electrons. The fourth-order valence-corrected chi connectivity index (χ4v) is 2.77. The fraction of sp³-hybridized carbons (Fsp3) is 0.929. The van der Waals surface area contributed by atoms with Crippen LogP contribution in [0, 0.1) is 11.3 Å². The summed E-state index contributed by atoms with van der Waals surface area (Å²) in [5.41, 5.74) is 0.317. The minimum Gasteiger partial charge on any atom is -0.460 e. The highest BCUT2D eigenvalue weighted by molar-refractivity contribution is 5.72. The van der Waals surface area contributed by atoms with Crippen molar-refractivity contribution in [1.29, 1.82) is 0 Å². The van der Waals surface area contributed by atoms with Crippen LogP contribution in [-0.4, -0.2) is 11.6 Å². The van der Waals surface area contributed by atoms with Gasteiger partial charge in [-0.3, -0.25) is 4.79 Å². The minimum absolute atomic E-state index is 0.0326. The van der Waals surface area contributed by atoms with E-state index in [9.17, 15) is 4.79 Å². The summed E-state index contributed by atoms with van der Waals surface area (Å²) in [6, 6.07) is 0. The average Bonchev–Trinajstić information content (AvgIpc) is 2.92. The SMILES string of the molecule is CC(C)(C)OC(=O)C1CCCC2(CC1)CC2. The average molecular weight is 224 g/mol. The molecule has 0 aromatic carbocycles.